The van der Waals surface area contributed by atoms with Crippen LogP contribution in [-0.2, 0) is 0 Å². The molecular weight excluding hydrogens is 436 g/mol. The largest absolute Gasteiger partial charge is 0.507 e. The molecule has 0 aliphatic carbocycles. The van der Waals surface area contributed by atoms with Gasteiger partial charge in [-0.05, 0) is 81.3 Å². The van der Waals surface area contributed by atoms with Gasteiger partial charge in [0, 0.05) is 16.5 Å². The van der Waals surface area contributed by atoms with Crippen LogP contribution in [0.3, 0.4) is 0 Å². The average Bonchev–Trinajstić information content (AvgIpc) is 2.76. The van der Waals surface area contributed by atoms with Gasteiger partial charge in [0.2, 0.25) is 0 Å². The summed E-state index contributed by atoms with van der Waals surface area (Å²) in [5.41, 5.74) is 6.98. The van der Waals surface area contributed by atoms with Crippen molar-refractivity contribution in [2.45, 2.75) is 41.5 Å². The Balaban J connectivity index is 2.10. The minimum absolute atomic E-state index is 0.113. The van der Waals surface area contributed by atoms with Crippen LogP contribution in [0.15, 0.2) is 48.5 Å². The third-order valence-electron chi connectivity index (χ3n) is 6.61. The van der Waals surface area contributed by atoms with Crippen LogP contribution in [-0.4, -0.2) is 23.8 Å². The van der Waals surface area contributed by atoms with E-state index in [9.17, 15) is 14.7 Å². The first-order chi connectivity index (χ1) is 16.5. The van der Waals surface area contributed by atoms with Crippen molar-refractivity contribution >= 4 is 22.3 Å². The number of ether oxygens (including phenoxy) is 1. The number of rotatable bonds is 5. The predicted octanol–water partition coefficient (Wildman–Crippen LogP) is 6.87. The molecule has 0 bridgehead atoms. The van der Waals surface area contributed by atoms with Gasteiger partial charge in [0.1, 0.15) is 11.5 Å². The first-order valence-corrected chi connectivity index (χ1v) is 11.6. The number of ketones is 2. The normalized spacial score (nSPS) is 11.1. The van der Waals surface area contributed by atoms with Crippen molar-refractivity contribution in [1.82, 2.24) is 0 Å². The van der Waals surface area contributed by atoms with Crippen LogP contribution in [0.1, 0.15) is 65.2 Å². The number of benzene rings is 4. The number of aryl methyl sites for hydroxylation is 6. The summed E-state index contributed by atoms with van der Waals surface area (Å²) in [6, 6.07) is 14.6. The minimum Gasteiger partial charge on any atom is -0.507 e. The van der Waals surface area contributed by atoms with E-state index < -0.39 is 0 Å². The summed E-state index contributed by atoms with van der Waals surface area (Å²) >= 11 is 0. The van der Waals surface area contributed by atoms with E-state index in [2.05, 4.69) is 0 Å². The number of carbonyl (C=O) groups excluding carboxylic acids is 2. The number of phenols is 1. The van der Waals surface area contributed by atoms with Crippen molar-refractivity contribution in [1.29, 1.82) is 0 Å². The molecule has 0 atom stereocenters. The molecule has 0 unspecified atom stereocenters. The van der Waals surface area contributed by atoms with Crippen LogP contribution >= 0.6 is 0 Å². The van der Waals surface area contributed by atoms with Gasteiger partial charge in [-0.2, -0.15) is 0 Å². The second kappa shape index (κ2) is 9.03. The van der Waals surface area contributed by atoms with Crippen molar-refractivity contribution < 1.29 is 19.4 Å². The fraction of sp³-hybridized carbons (Fsp3) is 0.226. The summed E-state index contributed by atoms with van der Waals surface area (Å²) in [7, 11) is 1.51. The number of hydrogen-bond acceptors (Lipinski definition) is 4. The second-order valence-corrected chi connectivity index (χ2v) is 9.41. The van der Waals surface area contributed by atoms with Gasteiger partial charge in [-0.1, -0.05) is 47.5 Å². The van der Waals surface area contributed by atoms with E-state index in [-0.39, 0.29) is 28.4 Å². The Morgan fingerprint density at radius 2 is 1.06 bits per heavy atom. The van der Waals surface area contributed by atoms with Crippen molar-refractivity contribution in [3.8, 4) is 11.5 Å². The van der Waals surface area contributed by atoms with Gasteiger partial charge >= 0.3 is 0 Å². The molecule has 4 heteroatoms. The maximum Gasteiger partial charge on any atom is 0.197 e. The van der Waals surface area contributed by atoms with Crippen LogP contribution < -0.4 is 4.74 Å². The molecule has 1 N–H and O–H groups in total. The highest BCUT2D eigenvalue weighted by Crippen LogP contribution is 2.39. The van der Waals surface area contributed by atoms with E-state index in [1.54, 1.807) is 12.1 Å². The van der Waals surface area contributed by atoms with Gasteiger partial charge in [-0.25, -0.2) is 0 Å². The van der Waals surface area contributed by atoms with Crippen molar-refractivity contribution in [2.75, 3.05) is 7.11 Å². The fourth-order valence-electron chi connectivity index (χ4n) is 5.34. The molecule has 0 saturated carbocycles. The molecule has 0 saturated heterocycles. The van der Waals surface area contributed by atoms with Gasteiger partial charge in [-0.3, -0.25) is 9.59 Å². The maximum atomic E-state index is 14.1. The number of aromatic hydroxyl groups is 1. The molecule has 0 aliphatic rings. The summed E-state index contributed by atoms with van der Waals surface area (Å²) in [4.78, 5) is 28.1. The Kier molecular flexibility index (Phi) is 6.25. The molecule has 4 rings (SSSR count). The number of hydrogen-bond donors (Lipinski definition) is 1. The Bertz CT molecular complexity index is 1480. The summed E-state index contributed by atoms with van der Waals surface area (Å²) in [6.45, 7) is 11.6. The minimum atomic E-state index is -0.317. The zero-order valence-electron chi connectivity index (χ0n) is 21.3. The Morgan fingerprint density at radius 3 is 1.51 bits per heavy atom. The molecule has 35 heavy (non-hydrogen) atoms. The molecule has 0 spiro atoms. The van der Waals surface area contributed by atoms with Crippen LogP contribution in [0.4, 0.5) is 0 Å². The van der Waals surface area contributed by atoms with Crippen LogP contribution in [0.25, 0.3) is 10.8 Å². The van der Waals surface area contributed by atoms with E-state index in [0.29, 0.717) is 27.6 Å². The summed E-state index contributed by atoms with van der Waals surface area (Å²) in [5.74, 6) is -0.359. The summed E-state index contributed by atoms with van der Waals surface area (Å²) in [6.07, 6.45) is 0. The Labute approximate surface area is 206 Å². The molecule has 178 valence electrons. The van der Waals surface area contributed by atoms with E-state index >= 15 is 0 Å². The van der Waals surface area contributed by atoms with Crippen molar-refractivity contribution in [3.63, 3.8) is 0 Å². The third-order valence-corrected chi connectivity index (χ3v) is 6.61. The number of phenolic OH excluding ortho intramolecular Hbond substituents is 1. The van der Waals surface area contributed by atoms with E-state index in [0.717, 1.165) is 33.4 Å². The molecule has 0 aliphatic heterocycles. The lowest BCUT2D eigenvalue weighted by Gasteiger charge is -2.18. The first kappa shape index (κ1) is 24.2. The second-order valence-electron chi connectivity index (χ2n) is 9.41. The molecule has 0 heterocycles. The predicted molar refractivity (Wildman–Crippen MR) is 140 cm³/mol. The molecule has 0 aromatic heterocycles. The van der Waals surface area contributed by atoms with Crippen LogP contribution in [0, 0.1) is 41.5 Å². The van der Waals surface area contributed by atoms with Gasteiger partial charge in [-0.15, -0.1) is 0 Å². The lowest BCUT2D eigenvalue weighted by molar-refractivity contribution is 0.103. The number of methoxy groups -OCH3 is 1. The zero-order chi connectivity index (χ0) is 25.6. The smallest absolute Gasteiger partial charge is 0.197 e. The van der Waals surface area contributed by atoms with E-state index in [1.807, 2.05) is 71.9 Å². The van der Waals surface area contributed by atoms with E-state index in [1.165, 1.54) is 13.2 Å². The molecular formula is C31H30O4. The highest BCUT2D eigenvalue weighted by atomic mass is 16.5. The van der Waals surface area contributed by atoms with Crippen LogP contribution in [0.2, 0.25) is 0 Å². The standard InChI is InChI=1S/C31H30O4/c1-16-12-18(3)25(19(4)13-16)30(33)28-23(32)10-8-22-9-11-24(35-7)29(27(22)28)31(34)26-20(5)14-17(2)15-21(26)6/h8-15,32H,1-7H3. The average molecular weight is 467 g/mol. The number of carbonyl (C=O) groups is 2. The molecule has 0 fully saturated rings. The monoisotopic (exact) mass is 466 g/mol. The van der Waals surface area contributed by atoms with Crippen molar-refractivity contribution in [3.05, 3.63) is 104 Å². The van der Waals surface area contributed by atoms with Gasteiger partial charge in [0.15, 0.2) is 11.6 Å². The number of fused-ring (bicyclic) bond motifs is 1. The fourth-order valence-corrected chi connectivity index (χ4v) is 5.34. The van der Waals surface area contributed by atoms with Gasteiger partial charge < -0.3 is 9.84 Å². The molecule has 4 aromatic carbocycles. The van der Waals surface area contributed by atoms with Crippen LogP contribution in [0.5, 0.6) is 11.5 Å². The molecule has 0 radical (unpaired) electrons. The topological polar surface area (TPSA) is 63.6 Å². The maximum absolute atomic E-state index is 14.1. The van der Waals surface area contributed by atoms with Gasteiger partial charge in [0.05, 0.1) is 18.2 Å². The lowest BCUT2D eigenvalue weighted by Crippen LogP contribution is -2.13. The van der Waals surface area contributed by atoms with E-state index in [4.69, 9.17) is 4.74 Å². The zero-order valence-corrected chi connectivity index (χ0v) is 21.3. The third kappa shape index (κ3) is 4.10. The SMILES string of the molecule is COc1ccc2ccc(O)c(C(=O)c3c(C)cc(C)cc3C)c2c1C(=O)c1c(C)cc(C)cc1C. The van der Waals surface area contributed by atoms with Gasteiger partial charge in [0.25, 0.3) is 0 Å². The summed E-state index contributed by atoms with van der Waals surface area (Å²) < 4.78 is 5.63. The Morgan fingerprint density at radius 1 is 0.629 bits per heavy atom. The molecule has 0 amide bonds. The highest BCUT2D eigenvalue weighted by molar-refractivity contribution is 6.27. The molecule has 4 aromatic rings. The Hall–Kier alpha value is -3.92. The quantitative estimate of drug-likeness (QED) is 0.326. The first-order valence-electron chi connectivity index (χ1n) is 11.6. The molecule has 4 nitrogen and oxygen atoms in total. The highest BCUT2D eigenvalue weighted by Gasteiger charge is 2.28. The lowest BCUT2D eigenvalue weighted by atomic mass is 9.85. The summed E-state index contributed by atoms with van der Waals surface area (Å²) in [5, 5.41) is 12.1. The van der Waals surface area contributed by atoms with Crippen molar-refractivity contribution in [2.24, 2.45) is 0 Å².